The van der Waals surface area contributed by atoms with Crippen LogP contribution in [0.4, 0.5) is 5.82 Å². The maximum Gasteiger partial charge on any atom is 0.222 e. The van der Waals surface area contributed by atoms with Crippen molar-refractivity contribution in [3.8, 4) is 6.07 Å². The molecule has 2 fully saturated rings. The van der Waals surface area contributed by atoms with E-state index in [1.54, 1.807) is 12.3 Å². The van der Waals surface area contributed by atoms with E-state index in [-0.39, 0.29) is 12.4 Å². The molecule has 26 heavy (non-hydrogen) atoms. The zero-order valence-corrected chi connectivity index (χ0v) is 16.2. The number of carbonyl (C=O) groups excluding carboxylic acids is 1. The number of aromatic nitrogens is 1. The van der Waals surface area contributed by atoms with Gasteiger partial charge >= 0.3 is 0 Å². The minimum absolute atomic E-state index is 0. The molecule has 1 N–H and O–H groups in total. The van der Waals surface area contributed by atoms with E-state index >= 15 is 0 Å². The third-order valence-corrected chi connectivity index (χ3v) is 5.26. The van der Waals surface area contributed by atoms with E-state index in [0.29, 0.717) is 29.9 Å². The van der Waals surface area contributed by atoms with E-state index in [1.807, 2.05) is 11.0 Å². The van der Waals surface area contributed by atoms with E-state index in [9.17, 15) is 4.79 Å². The molecule has 0 aliphatic carbocycles. The summed E-state index contributed by atoms with van der Waals surface area (Å²) in [7, 11) is 0. The Hall–Kier alpha value is -1.84. The van der Waals surface area contributed by atoms with Crippen molar-refractivity contribution in [3.05, 3.63) is 23.9 Å². The second-order valence-corrected chi connectivity index (χ2v) is 7.09. The zero-order valence-electron chi connectivity index (χ0n) is 15.4. The first-order chi connectivity index (χ1) is 12.2. The molecule has 0 spiro atoms. The van der Waals surface area contributed by atoms with Crippen molar-refractivity contribution in [2.75, 3.05) is 38.0 Å². The Kier molecular flexibility index (Phi) is 7.67. The van der Waals surface area contributed by atoms with E-state index < -0.39 is 0 Å². The average Bonchev–Trinajstić information content (AvgIpc) is 3.20. The predicted molar refractivity (Wildman–Crippen MR) is 104 cm³/mol. The summed E-state index contributed by atoms with van der Waals surface area (Å²) in [6.07, 6.45) is 5.69. The molecule has 1 aromatic rings. The Bertz CT molecular complexity index is 630. The van der Waals surface area contributed by atoms with Crippen LogP contribution in [0.2, 0.25) is 0 Å². The van der Waals surface area contributed by atoms with Gasteiger partial charge in [0, 0.05) is 51.4 Å². The second-order valence-electron chi connectivity index (χ2n) is 7.09. The molecule has 7 heteroatoms. The van der Waals surface area contributed by atoms with E-state index in [0.717, 1.165) is 45.0 Å². The van der Waals surface area contributed by atoms with Gasteiger partial charge in [-0.1, -0.05) is 13.3 Å². The molecule has 2 saturated heterocycles. The SMILES string of the molecule is CCC[C@H]1CN(CCN2CCCC2=O)C[C@@H]1Nc1ccc(C#N)cn1.Cl. The summed E-state index contributed by atoms with van der Waals surface area (Å²) in [6.45, 7) is 6.99. The van der Waals surface area contributed by atoms with Crippen molar-refractivity contribution in [1.82, 2.24) is 14.8 Å². The number of hydrogen-bond acceptors (Lipinski definition) is 5. The molecule has 0 unspecified atom stereocenters. The lowest BCUT2D eigenvalue weighted by Crippen LogP contribution is -2.35. The maximum atomic E-state index is 11.8. The summed E-state index contributed by atoms with van der Waals surface area (Å²) in [6, 6.07) is 6.15. The molecule has 3 heterocycles. The van der Waals surface area contributed by atoms with Gasteiger partial charge in [-0.3, -0.25) is 9.69 Å². The van der Waals surface area contributed by atoms with Crippen LogP contribution >= 0.6 is 12.4 Å². The lowest BCUT2D eigenvalue weighted by Gasteiger charge is -2.21. The zero-order chi connectivity index (χ0) is 17.6. The van der Waals surface area contributed by atoms with Gasteiger partial charge in [0.25, 0.3) is 0 Å². The monoisotopic (exact) mass is 377 g/mol. The number of pyridine rings is 1. The van der Waals surface area contributed by atoms with Gasteiger partial charge in [0.1, 0.15) is 11.9 Å². The van der Waals surface area contributed by atoms with E-state index in [1.165, 1.54) is 12.8 Å². The summed E-state index contributed by atoms with van der Waals surface area (Å²) < 4.78 is 0. The Morgan fingerprint density at radius 1 is 1.35 bits per heavy atom. The van der Waals surface area contributed by atoms with Crippen molar-refractivity contribution in [1.29, 1.82) is 5.26 Å². The highest BCUT2D eigenvalue weighted by Gasteiger charge is 2.32. The number of nitrogens with one attached hydrogen (secondary N) is 1. The number of anilines is 1. The molecule has 6 nitrogen and oxygen atoms in total. The number of nitriles is 1. The van der Waals surface area contributed by atoms with Crippen molar-refractivity contribution in [3.63, 3.8) is 0 Å². The van der Waals surface area contributed by atoms with Crippen LogP contribution in [0.5, 0.6) is 0 Å². The number of likely N-dealkylation sites (tertiary alicyclic amines) is 2. The molecule has 3 rings (SSSR count). The molecule has 1 amide bonds. The Labute approximate surface area is 162 Å². The summed E-state index contributed by atoms with van der Waals surface area (Å²) in [5.41, 5.74) is 0.582. The normalized spacial score (nSPS) is 22.9. The van der Waals surface area contributed by atoms with Gasteiger partial charge in [-0.05, 0) is 30.9 Å². The van der Waals surface area contributed by atoms with Crippen molar-refractivity contribution >= 4 is 24.1 Å². The van der Waals surface area contributed by atoms with Crippen molar-refractivity contribution in [2.24, 2.45) is 5.92 Å². The largest absolute Gasteiger partial charge is 0.366 e. The Balaban J connectivity index is 0.00000243. The first-order valence-corrected chi connectivity index (χ1v) is 9.32. The van der Waals surface area contributed by atoms with Gasteiger partial charge < -0.3 is 10.2 Å². The highest BCUT2D eigenvalue weighted by Crippen LogP contribution is 2.24. The molecular formula is C19H28ClN5O. The van der Waals surface area contributed by atoms with Crippen LogP contribution in [-0.4, -0.2) is 59.5 Å². The Morgan fingerprint density at radius 3 is 2.81 bits per heavy atom. The van der Waals surface area contributed by atoms with Gasteiger partial charge in [-0.2, -0.15) is 5.26 Å². The standard InChI is InChI=1S/C19H27N5O.ClH/c1-2-4-16-13-23(9-10-24-8-3-5-19(24)25)14-17(16)22-18-7-6-15(11-20)12-21-18;/h6-7,12,16-17H,2-5,8-10,13-14H2,1H3,(H,21,22);1H/t16-,17-;/m0./s1. The average molecular weight is 378 g/mol. The van der Waals surface area contributed by atoms with Crippen LogP contribution in [0.25, 0.3) is 0 Å². The number of carbonyl (C=O) groups is 1. The Morgan fingerprint density at radius 2 is 2.19 bits per heavy atom. The molecule has 0 aromatic carbocycles. The molecule has 2 atom stereocenters. The summed E-state index contributed by atoms with van der Waals surface area (Å²) in [5.74, 6) is 1.74. The third kappa shape index (κ3) is 5.09. The lowest BCUT2D eigenvalue weighted by atomic mass is 9.98. The first-order valence-electron chi connectivity index (χ1n) is 9.32. The number of amides is 1. The smallest absolute Gasteiger partial charge is 0.222 e. The van der Waals surface area contributed by atoms with E-state index in [2.05, 4.69) is 28.2 Å². The van der Waals surface area contributed by atoms with E-state index in [4.69, 9.17) is 5.26 Å². The van der Waals surface area contributed by atoms with Crippen LogP contribution in [0.15, 0.2) is 18.3 Å². The summed E-state index contributed by atoms with van der Waals surface area (Å²) >= 11 is 0. The van der Waals surface area contributed by atoms with Gasteiger partial charge in [-0.25, -0.2) is 4.98 Å². The van der Waals surface area contributed by atoms with Crippen molar-refractivity contribution in [2.45, 2.75) is 38.6 Å². The second kappa shape index (κ2) is 9.75. The fourth-order valence-corrected chi connectivity index (χ4v) is 3.91. The van der Waals surface area contributed by atoms with Crippen LogP contribution in [0.1, 0.15) is 38.2 Å². The highest BCUT2D eigenvalue weighted by molar-refractivity contribution is 5.85. The van der Waals surface area contributed by atoms with Crippen LogP contribution in [-0.2, 0) is 4.79 Å². The molecule has 0 saturated carbocycles. The summed E-state index contributed by atoms with van der Waals surface area (Å²) in [5, 5.41) is 12.4. The quantitative estimate of drug-likeness (QED) is 0.790. The molecule has 142 valence electrons. The first kappa shape index (κ1) is 20.5. The molecule has 1 aromatic heterocycles. The predicted octanol–water partition coefficient (Wildman–Crippen LogP) is 2.51. The van der Waals surface area contributed by atoms with Crippen LogP contribution in [0.3, 0.4) is 0 Å². The van der Waals surface area contributed by atoms with Gasteiger partial charge in [0.15, 0.2) is 0 Å². The molecule has 2 aliphatic rings. The number of nitrogens with zero attached hydrogens (tertiary/aromatic N) is 4. The fourth-order valence-electron chi connectivity index (χ4n) is 3.91. The van der Waals surface area contributed by atoms with Crippen molar-refractivity contribution < 1.29 is 4.79 Å². The molecule has 0 bridgehead atoms. The summed E-state index contributed by atoms with van der Waals surface area (Å²) in [4.78, 5) is 20.6. The minimum atomic E-state index is 0. The molecular weight excluding hydrogens is 350 g/mol. The molecule has 2 aliphatic heterocycles. The number of halogens is 1. The van der Waals surface area contributed by atoms with Gasteiger partial charge in [0.05, 0.1) is 5.56 Å². The lowest BCUT2D eigenvalue weighted by molar-refractivity contribution is -0.127. The van der Waals surface area contributed by atoms with Crippen LogP contribution in [0, 0.1) is 17.2 Å². The maximum absolute atomic E-state index is 11.8. The van der Waals surface area contributed by atoms with Crippen LogP contribution < -0.4 is 5.32 Å². The van der Waals surface area contributed by atoms with Gasteiger partial charge in [-0.15, -0.1) is 12.4 Å². The minimum Gasteiger partial charge on any atom is -0.366 e. The number of rotatable bonds is 7. The molecule has 0 radical (unpaired) electrons. The topological polar surface area (TPSA) is 72.3 Å². The highest BCUT2D eigenvalue weighted by atomic mass is 35.5. The third-order valence-electron chi connectivity index (χ3n) is 5.26. The van der Waals surface area contributed by atoms with Gasteiger partial charge in [0.2, 0.25) is 5.91 Å². The fraction of sp³-hybridized carbons (Fsp3) is 0.632. The number of hydrogen-bond donors (Lipinski definition) is 1.